The van der Waals surface area contributed by atoms with Gasteiger partial charge in [0.2, 0.25) is 0 Å². The van der Waals surface area contributed by atoms with Crippen LogP contribution in [0.5, 0.6) is 0 Å². The van der Waals surface area contributed by atoms with Gasteiger partial charge in [-0.05, 0) is 44.9 Å². The van der Waals surface area contributed by atoms with Crippen LogP contribution in [-0.2, 0) is 17.8 Å². The van der Waals surface area contributed by atoms with Gasteiger partial charge < -0.3 is 10.1 Å². The molecule has 0 aliphatic rings. The topological polar surface area (TPSA) is 52.0 Å². The molecule has 0 fully saturated rings. The SMILES string of the molecule is Cc1ccccc1Cn1nc(CNCCCOC(C)C)c(-c2ccccc2)n1. The minimum Gasteiger partial charge on any atom is -0.379 e. The van der Waals surface area contributed by atoms with E-state index in [-0.39, 0.29) is 6.10 Å². The molecule has 0 bridgehead atoms. The summed E-state index contributed by atoms with van der Waals surface area (Å²) in [7, 11) is 0. The molecule has 0 aliphatic carbocycles. The molecule has 1 N–H and O–H groups in total. The number of aryl methyl sites for hydroxylation is 1. The molecule has 5 nitrogen and oxygen atoms in total. The third-order valence-corrected chi connectivity index (χ3v) is 4.59. The van der Waals surface area contributed by atoms with Crippen LogP contribution in [0, 0.1) is 6.92 Å². The number of nitrogens with zero attached hydrogens (tertiary/aromatic N) is 3. The van der Waals surface area contributed by atoms with Crippen molar-refractivity contribution < 1.29 is 4.74 Å². The Morgan fingerprint density at radius 3 is 2.50 bits per heavy atom. The molecule has 1 heterocycles. The molecule has 28 heavy (non-hydrogen) atoms. The summed E-state index contributed by atoms with van der Waals surface area (Å²) in [4.78, 5) is 1.81. The van der Waals surface area contributed by atoms with Crippen LogP contribution < -0.4 is 5.32 Å². The fourth-order valence-corrected chi connectivity index (χ4v) is 3.06. The van der Waals surface area contributed by atoms with Crippen LogP contribution in [0.25, 0.3) is 11.3 Å². The number of aromatic nitrogens is 3. The number of nitrogens with one attached hydrogen (secondary N) is 1. The molecule has 3 aromatic rings. The van der Waals surface area contributed by atoms with Crippen molar-refractivity contribution in [1.82, 2.24) is 20.3 Å². The first-order chi connectivity index (χ1) is 13.6. The molecular weight excluding hydrogens is 348 g/mol. The Morgan fingerprint density at radius 1 is 1.00 bits per heavy atom. The van der Waals surface area contributed by atoms with Crippen LogP contribution in [0.2, 0.25) is 0 Å². The summed E-state index contributed by atoms with van der Waals surface area (Å²) in [5.74, 6) is 0. The second kappa shape index (κ2) is 10.2. The molecule has 3 rings (SSSR count). The maximum atomic E-state index is 5.60. The van der Waals surface area contributed by atoms with E-state index in [1.165, 1.54) is 11.1 Å². The van der Waals surface area contributed by atoms with E-state index < -0.39 is 0 Å². The lowest BCUT2D eigenvalue weighted by molar-refractivity contribution is 0.0770. The molecule has 1 aromatic heterocycles. The number of hydrogen-bond donors (Lipinski definition) is 1. The van der Waals surface area contributed by atoms with E-state index in [2.05, 4.69) is 62.5 Å². The third-order valence-electron chi connectivity index (χ3n) is 4.59. The normalized spacial score (nSPS) is 11.3. The van der Waals surface area contributed by atoms with Crippen LogP contribution in [-0.4, -0.2) is 34.2 Å². The monoisotopic (exact) mass is 378 g/mol. The van der Waals surface area contributed by atoms with E-state index in [0.717, 1.165) is 36.5 Å². The summed E-state index contributed by atoms with van der Waals surface area (Å²) in [5, 5.41) is 13.1. The predicted octanol–water partition coefficient (Wildman–Crippen LogP) is 4.21. The molecule has 0 spiro atoms. The van der Waals surface area contributed by atoms with Crippen molar-refractivity contribution in [3.8, 4) is 11.3 Å². The van der Waals surface area contributed by atoms with Crippen molar-refractivity contribution >= 4 is 0 Å². The van der Waals surface area contributed by atoms with Gasteiger partial charge in [-0.1, -0.05) is 54.6 Å². The first-order valence-electron chi connectivity index (χ1n) is 9.99. The van der Waals surface area contributed by atoms with E-state index >= 15 is 0 Å². The van der Waals surface area contributed by atoms with Crippen molar-refractivity contribution in [2.24, 2.45) is 0 Å². The van der Waals surface area contributed by atoms with E-state index in [1.807, 2.05) is 23.0 Å². The van der Waals surface area contributed by atoms with Crippen molar-refractivity contribution in [3.63, 3.8) is 0 Å². The first kappa shape index (κ1) is 20.2. The van der Waals surface area contributed by atoms with Crippen LogP contribution in [0.15, 0.2) is 54.6 Å². The average molecular weight is 379 g/mol. The first-order valence-corrected chi connectivity index (χ1v) is 9.99. The van der Waals surface area contributed by atoms with Crippen molar-refractivity contribution in [1.29, 1.82) is 0 Å². The largest absolute Gasteiger partial charge is 0.379 e. The van der Waals surface area contributed by atoms with Gasteiger partial charge in [0.25, 0.3) is 0 Å². The lowest BCUT2D eigenvalue weighted by Gasteiger charge is -2.07. The highest BCUT2D eigenvalue weighted by atomic mass is 16.5. The molecule has 2 aromatic carbocycles. The molecule has 0 atom stereocenters. The van der Waals surface area contributed by atoms with Gasteiger partial charge in [0.1, 0.15) is 11.4 Å². The lowest BCUT2D eigenvalue weighted by atomic mass is 10.1. The van der Waals surface area contributed by atoms with E-state index in [9.17, 15) is 0 Å². The minimum absolute atomic E-state index is 0.283. The Balaban J connectivity index is 1.70. The summed E-state index contributed by atoms with van der Waals surface area (Å²) in [6, 6.07) is 18.6. The van der Waals surface area contributed by atoms with Crippen molar-refractivity contribution in [2.45, 2.75) is 46.4 Å². The molecule has 0 radical (unpaired) electrons. The molecule has 0 aliphatic heterocycles. The van der Waals surface area contributed by atoms with Gasteiger partial charge in [-0.3, -0.25) is 0 Å². The molecule has 5 heteroatoms. The highest BCUT2D eigenvalue weighted by molar-refractivity contribution is 5.60. The molecule has 0 saturated heterocycles. The Morgan fingerprint density at radius 2 is 1.75 bits per heavy atom. The highest BCUT2D eigenvalue weighted by Gasteiger charge is 2.13. The zero-order chi connectivity index (χ0) is 19.8. The third kappa shape index (κ3) is 5.75. The molecular formula is C23H30N4O. The van der Waals surface area contributed by atoms with Gasteiger partial charge in [-0.15, -0.1) is 0 Å². The predicted molar refractivity (Wildman–Crippen MR) is 113 cm³/mol. The Bertz CT molecular complexity index is 858. The fourth-order valence-electron chi connectivity index (χ4n) is 3.06. The zero-order valence-corrected chi connectivity index (χ0v) is 17.1. The average Bonchev–Trinajstić information content (AvgIpc) is 3.09. The summed E-state index contributed by atoms with van der Waals surface area (Å²) in [6.45, 7) is 9.29. The lowest BCUT2D eigenvalue weighted by Crippen LogP contribution is -2.18. The van der Waals surface area contributed by atoms with Crippen LogP contribution in [0.1, 0.15) is 37.1 Å². The van der Waals surface area contributed by atoms with Gasteiger partial charge in [0.05, 0.1) is 12.6 Å². The molecule has 0 unspecified atom stereocenters. The van der Waals surface area contributed by atoms with Crippen LogP contribution in [0.4, 0.5) is 0 Å². The highest BCUT2D eigenvalue weighted by Crippen LogP contribution is 2.20. The number of rotatable bonds is 10. The molecule has 0 amide bonds. The summed E-state index contributed by atoms with van der Waals surface area (Å²) in [6.07, 6.45) is 1.27. The number of hydrogen-bond acceptors (Lipinski definition) is 4. The summed E-state index contributed by atoms with van der Waals surface area (Å²) < 4.78 is 5.60. The summed E-state index contributed by atoms with van der Waals surface area (Å²) in [5.41, 5.74) is 5.51. The van der Waals surface area contributed by atoms with Gasteiger partial charge in [0.15, 0.2) is 0 Å². The van der Waals surface area contributed by atoms with E-state index in [4.69, 9.17) is 14.9 Å². The Hall–Kier alpha value is -2.50. The number of ether oxygens (including phenoxy) is 1. The van der Waals surface area contributed by atoms with Gasteiger partial charge in [0, 0.05) is 18.7 Å². The van der Waals surface area contributed by atoms with Crippen LogP contribution >= 0.6 is 0 Å². The fraction of sp³-hybridized carbons (Fsp3) is 0.391. The molecule has 0 saturated carbocycles. The Labute approximate surface area is 167 Å². The standard InChI is InChI=1S/C23H30N4O/c1-18(2)28-15-9-14-24-16-22-23(20-11-5-4-6-12-20)26-27(25-22)17-21-13-8-7-10-19(21)3/h4-8,10-13,18,24H,9,14-17H2,1-3H3. The smallest absolute Gasteiger partial charge is 0.117 e. The maximum absolute atomic E-state index is 5.60. The second-order valence-electron chi connectivity index (χ2n) is 7.27. The second-order valence-corrected chi connectivity index (χ2v) is 7.27. The van der Waals surface area contributed by atoms with E-state index in [0.29, 0.717) is 13.1 Å². The Kier molecular flexibility index (Phi) is 7.34. The van der Waals surface area contributed by atoms with Gasteiger partial charge in [-0.2, -0.15) is 15.0 Å². The van der Waals surface area contributed by atoms with Gasteiger partial charge >= 0.3 is 0 Å². The van der Waals surface area contributed by atoms with Gasteiger partial charge in [-0.25, -0.2) is 0 Å². The minimum atomic E-state index is 0.283. The maximum Gasteiger partial charge on any atom is 0.117 e. The quantitative estimate of drug-likeness (QED) is 0.537. The van der Waals surface area contributed by atoms with Crippen LogP contribution in [0.3, 0.4) is 0 Å². The van der Waals surface area contributed by atoms with Crippen molar-refractivity contribution in [3.05, 3.63) is 71.4 Å². The van der Waals surface area contributed by atoms with E-state index in [1.54, 1.807) is 0 Å². The zero-order valence-electron chi connectivity index (χ0n) is 17.1. The number of benzene rings is 2. The van der Waals surface area contributed by atoms with Crippen molar-refractivity contribution in [2.75, 3.05) is 13.2 Å². The summed E-state index contributed by atoms with van der Waals surface area (Å²) >= 11 is 0. The molecule has 148 valence electrons.